The predicted octanol–water partition coefficient (Wildman–Crippen LogP) is 4.19. The third kappa shape index (κ3) is 6.63. The number of para-hydroxylation sites is 1. The van der Waals surface area contributed by atoms with Crippen LogP contribution in [0.1, 0.15) is 51.5 Å². The van der Waals surface area contributed by atoms with Gasteiger partial charge in [0.2, 0.25) is 0 Å². The van der Waals surface area contributed by atoms with Crippen LogP contribution in [0.2, 0.25) is 0 Å². The Morgan fingerprint density at radius 3 is 2.68 bits per heavy atom. The Hall–Kier alpha value is -1.02. The highest BCUT2D eigenvalue weighted by molar-refractivity contribution is 5.33. The molecule has 1 unspecified atom stereocenters. The summed E-state index contributed by atoms with van der Waals surface area (Å²) in [6.45, 7) is 5.57. The number of methoxy groups -OCH3 is 1. The standard InChI is InChI=1S/C17H29NO/c1-4-5-6-7-10-15(2)18-14-13-16-11-8-9-12-17(16)19-3/h8-9,11-12,15,18H,4-7,10,13-14H2,1-3H3. The average molecular weight is 263 g/mol. The second-order valence-corrected chi connectivity index (χ2v) is 5.27. The smallest absolute Gasteiger partial charge is 0.122 e. The van der Waals surface area contributed by atoms with Crippen LogP contribution in [-0.2, 0) is 6.42 Å². The van der Waals surface area contributed by atoms with E-state index in [-0.39, 0.29) is 0 Å². The number of nitrogens with one attached hydrogen (secondary N) is 1. The van der Waals surface area contributed by atoms with Gasteiger partial charge in [-0.15, -0.1) is 0 Å². The first-order chi connectivity index (χ1) is 9.27. The van der Waals surface area contributed by atoms with Gasteiger partial charge < -0.3 is 10.1 Å². The van der Waals surface area contributed by atoms with Crippen molar-refractivity contribution in [2.24, 2.45) is 0 Å². The Morgan fingerprint density at radius 1 is 1.16 bits per heavy atom. The van der Waals surface area contributed by atoms with Crippen LogP contribution in [-0.4, -0.2) is 19.7 Å². The van der Waals surface area contributed by atoms with Gasteiger partial charge in [0.25, 0.3) is 0 Å². The molecular formula is C17H29NO. The minimum absolute atomic E-state index is 0.617. The molecule has 2 heteroatoms. The molecule has 0 bridgehead atoms. The summed E-state index contributed by atoms with van der Waals surface area (Å²) in [7, 11) is 1.74. The summed E-state index contributed by atoms with van der Waals surface area (Å²) < 4.78 is 5.37. The van der Waals surface area contributed by atoms with Gasteiger partial charge in [0.1, 0.15) is 5.75 Å². The first kappa shape index (κ1) is 16.0. The Labute approximate surface area is 118 Å². The number of benzene rings is 1. The third-order valence-electron chi connectivity index (χ3n) is 3.57. The van der Waals surface area contributed by atoms with Gasteiger partial charge in [-0.2, -0.15) is 0 Å². The molecule has 0 aliphatic rings. The van der Waals surface area contributed by atoms with E-state index in [9.17, 15) is 0 Å². The summed E-state index contributed by atoms with van der Waals surface area (Å²) in [6, 6.07) is 8.89. The van der Waals surface area contributed by atoms with Gasteiger partial charge in [-0.25, -0.2) is 0 Å². The monoisotopic (exact) mass is 263 g/mol. The van der Waals surface area contributed by atoms with Crippen LogP contribution >= 0.6 is 0 Å². The van der Waals surface area contributed by atoms with Gasteiger partial charge >= 0.3 is 0 Å². The second-order valence-electron chi connectivity index (χ2n) is 5.27. The summed E-state index contributed by atoms with van der Waals surface area (Å²) in [5.74, 6) is 1.000. The molecule has 2 nitrogen and oxygen atoms in total. The SMILES string of the molecule is CCCCCCC(C)NCCc1ccccc1OC. The van der Waals surface area contributed by atoms with Crippen molar-refractivity contribution in [3.8, 4) is 5.75 Å². The van der Waals surface area contributed by atoms with Crippen molar-refractivity contribution in [2.45, 2.75) is 58.4 Å². The second kappa shape index (κ2) is 9.85. The Morgan fingerprint density at radius 2 is 1.95 bits per heavy atom. The summed E-state index contributed by atoms with van der Waals surface area (Å²) in [5, 5.41) is 3.60. The zero-order valence-corrected chi connectivity index (χ0v) is 12.7. The molecule has 0 saturated carbocycles. The maximum absolute atomic E-state index is 5.37. The van der Waals surface area contributed by atoms with Crippen LogP contribution in [0.25, 0.3) is 0 Å². The third-order valence-corrected chi connectivity index (χ3v) is 3.57. The fourth-order valence-electron chi connectivity index (χ4n) is 2.34. The highest BCUT2D eigenvalue weighted by atomic mass is 16.5. The normalized spacial score (nSPS) is 12.4. The van der Waals surface area contributed by atoms with Gasteiger partial charge in [-0.1, -0.05) is 50.8 Å². The number of ether oxygens (including phenoxy) is 1. The lowest BCUT2D eigenvalue weighted by Crippen LogP contribution is -2.28. The van der Waals surface area contributed by atoms with Gasteiger partial charge in [0.15, 0.2) is 0 Å². The molecule has 1 atom stereocenters. The van der Waals surface area contributed by atoms with Crippen LogP contribution in [0, 0.1) is 0 Å². The van der Waals surface area contributed by atoms with E-state index in [0.717, 1.165) is 18.7 Å². The zero-order chi connectivity index (χ0) is 13.9. The number of hydrogen-bond donors (Lipinski definition) is 1. The maximum Gasteiger partial charge on any atom is 0.122 e. The van der Waals surface area contributed by atoms with E-state index >= 15 is 0 Å². The van der Waals surface area contributed by atoms with E-state index in [0.29, 0.717) is 6.04 Å². The molecule has 0 fully saturated rings. The van der Waals surface area contributed by atoms with Crippen LogP contribution in [0.3, 0.4) is 0 Å². The summed E-state index contributed by atoms with van der Waals surface area (Å²) in [4.78, 5) is 0. The quantitative estimate of drug-likeness (QED) is 0.639. The molecular weight excluding hydrogens is 234 g/mol. The molecule has 0 radical (unpaired) electrons. The molecule has 0 saturated heterocycles. The Balaban J connectivity index is 2.18. The van der Waals surface area contributed by atoms with Crippen molar-refractivity contribution < 1.29 is 4.74 Å². The minimum Gasteiger partial charge on any atom is -0.496 e. The number of hydrogen-bond acceptors (Lipinski definition) is 2. The van der Waals surface area contributed by atoms with Gasteiger partial charge in [-0.05, 0) is 37.9 Å². The van der Waals surface area contributed by atoms with Crippen molar-refractivity contribution in [3.63, 3.8) is 0 Å². The van der Waals surface area contributed by atoms with Crippen molar-refractivity contribution in [3.05, 3.63) is 29.8 Å². The molecule has 0 amide bonds. The van der Waals surface area contributed by atoms with Gasteiger partial charge in [0.05, 0.1) is 7.11 Å². The molecule has 0 aliphatic heterocycles. The molecule has 1 aromatic carbocycles. The van der Waals surface area contributed by atoms with Gasteiger partial charge in [-0.3, -0.25) is 0 Å². The lowest BCUT2D eigenvalue weighted by molar-refractivity contribution is 0.408. The molecule has 0 heterocycles. The molecule has 108 valence electrons. The molecule has 19 heavy (non-hydrogen) atoms. The molecule has 0 spiro atoms. The molecule has 1 N–H and O–H groups in total. The highest BCUT2D eigenvalue weighted by Crippen LogP contribution is 2.17. The van der Waals surface area contributed by atoms with Crippen molar-refractivity contribution >= 4 is 0 Å². The fourth-order valence-corrected chi connectivity index (χ4v) is 2.34. The van der Waals surface area contributed by atoms with Gasteiger partial charge in [0, 0.05) is 6.04 Å². The first-order valence-corrected chi connectivity index (χ1v) is 7.63. The van der Waals surface area contributed by atoms with E-state index in [4.69, 9.17) is 4.74 Å². The molecule has 0 aliphatic carbocycles. The van der Waals surface area contributed by atoms with E-state index in [1.54, 1.807) is 7.11 Å². The molecule has 1 rings (SSSR count). The van der Waals surface area contributed by atoms with E-state index in [1.807, 2.05) is 12.1 Å². The summed E-state index contributed by atoms with van der Waals surface area (Å²) >= 11 is 0. The van der Waals surface area contributed by atoms with E-state index < -0.39 is 0 Å². The Bertz CT molecular complexity index is 338. The van der Waals surface area contributed by atoms with E-state index in [1.165, 1.54) is 37.7 Å². The molecule has 0 aromatic heterocycles. The fraction of sp³-hybridized carbons (Fsp3) is 0.647. The topological polar surface area (TPSA) is 21.3 Å². The van der Waals surface area contributed by atoms with Crippen LogP contribution in [0.5, 0.6) is 5.75 Å². The first-order valence-electron chi connectivity index (χ1n) is 7.63. The summed E-state index contributed by atoms with van der Waals surface area (Å²) in [6.07, 6.45) is 7.71. The minimum atomic E-state index is 0.617. The van der Waals surface area contributed by atoms with Crippen LogP contribution in [0.4, 0.5) is 0 Å². The van der Waals surface area contributed by atoms with Crippen LogP contribution in [0.15, 0.2) is 24.3 Å². The number of rotatable bonds is 10. The van der Waals surface area contributed by atoms with E-state index in [2.05, 4.69) is 31.3 Å². The largest absolute Gasteiger partial charge is 0.496 e. The van der Waals surface area contributed by atoms with Crippen molar-refractivity contribution in [1.82, 2.24) is 5.32 Å². The highest BCUT2D eigenvalue weighted by Gasteiger charge is 2.03. The van der Waals surface area contributed by atoms with Crippen LogP contribution < -0.4 is 10.1 Å². The zero-order valence-electron chi connectivity index (χ0n) is 12.7. The molecule has 1 aromatic rings. The average Bonchev–Trinajstić information content (AvgIpc) is 2.44. The Kier molecular flexibility index (Phi) is 8.31. The lowest BCUT2D eigenvalue weighted by Gasteiger charge is -2.14. The summed E-state index contributed by atoms with van der Waals surface area (Å²) in [5.41, 5.74) is 1.29. The lowest BCUT2D eigenvalue weighted by atomic mass is 10.1. The van der Waals surface area contributed by atoms with Crippen molar-refractivity contribution in [2.75, 3.05) is 13.7 Å². The van der Waals surface area contributed by atoms with Crippen molar-refractivity contribution in [1.29, 1.82) is 0 Å². The number of unbranched alkanes of at least 4 members (excludes halogenated alkanes) is 3. The maximum atomic E-state index is 5.37. The predicted molar refractivity (Wildman–Crippen MR) is 82.9 cm³/mol.